The maximum atomic E-state index is 3.14. The highest BCUT2D eigenvalue weighted by atomic mass is 15.7. The van der Waals surface area contributed by atoms with E-state index in [1.165, 1.54) is 32.1 Å². The number of nitrogens with one attached hydrogen (secondary N) is 2. The molecule has 1 fully saturated rings. The average Bonchev–Trinajstić information content (AvgIpc) is 2.09. The lowest BCUT2D eigenvalue weighted by Crippen LogP contribution is -2.51. The van der Waals surface area contributed by atoms with E-state index in [0.717, 1.165) is 0 Å². The molecule has 66 valence electrons. The van der Waals surface area contributed by atoms with Gasteiger partial charge in [-0.2, -0.15) is 5.12 Å². The van der Waals surface area contributed by atoms with Crippen LogP contribution in [0.1, 0.15) is 32.1 Å². The van der Waals surface area contributed by atoms with Crippen molar-refractivity contribution in [2.75, 3.05) is 14.1 Å². The molecule has 11 heavy (non-hydrogen) atoms. The zero-order valence-corrected chi connectivity index (χ0v) is 7.56. The van der Waals surface area contributed by atoms with Gasteiger partial charge in [0.15, 0.2) is 0 Å². The molecule has 0 bridgehead atoms. The lowest BCUT2D eigenvalue weighted by atomic mass is 9.96. The summed E-state index contributed by atoms with van der Waals surface area (Å²) in [6, 6.07) is 0.693. The van der Waals surface area contributed by atoms with E-state index in [4.69, 9.17) is 0 Å². The topological polar surface area (TPSA) is 27.3 Å². The zero-order valence-electron chi connectivity index (χ0n) is 7.56. The van der Waals surface area contributed by atoms with Gasteiger partial charge in [0, 0.05) is 20.1 Å². The van der Waals surface area contributed by atoms with Gasteiger partial charge in [-0.15, -0.1) is 0 Å². The van der Waals surface area contributed by atoms with Crippen LogP contribution in [0.5, 0.6) is 0 Å². The Labute approximate surface area is 69.1 Å². The standard InChI is InChI=1S/C8H19N3/c1-9-11(10-2)8-6-4-3-5-7-8/h8-10H,3-7H2,1-2H3. The van der Waals surface area contributed by atoms with Gasteiger partial charge in [0.25, 0.3) is 0 Å². The first-order valence-corrected chi connectivity index (χ1v) is 4.52. The van der Waals surface area contributed by atoms with Gasteiger partial charge in [0.05, 0.1) is 0 Å². The van der Waals surface area contributed by atoms with Crippen LogP contribution >= 0.6 is 0 Å². The number of nitrogens with zero attached hydrogens (tertiary/aromatic N) is 1. The van der Waals surface area contributed by atoms with Crippen molar-refractivity contribution in [2.24, 2.45) is 0 Å². The molecule has 0 heterocycles. The summed E-state index contributed by atoms with van der Waals surface area (Å²) >= 11 is 0. The Hall–Kier alpha value is -0.120. The van der Waals surface area contributed by atoms with Crippen LogP contribution in [-0.4, -0.2) is 25.3 Å². The molecule has 0 radical (unpaired) electrons. The Morgan fingerprint density at radius 1 is 1.00 bits per heavy atom. The Balaban J connectivity index is 2.30. The summed E-state index contributed by atoms with van der Waals surface area (Å²) in [6.45, 7) is 0. The van der Waals surface area contributed by atoms with Crippen LogP contribution in [0.2, 0.25) is 0 Å². The van der Waals surface area contributed by atoms with Crippen molar-refractivity contribution in [3.63, 3.8) is 0 Å². The molecular formula is C8H19N3. The van der Waals surface area contributed by atoms with Crippen molar-refractivity contribution in [1.82, 2.24) is 16.0 Å². The van der Waals surface area contributed by atoms with Gasteiger partial charge < -0.3 is 0 Å². The predicted octanol–water partition coefficient (Wildman–Crippen LogP) is 0.890. The first-order valence-electron chi connectivity index (χ1n) is 4.52. The van der Waals surface area contributed by atoms with Gasteiger partial charge in [-0.05, 0) is 12.8 Å². The van der Waals surface area contributed by atoms with Gasteiger partial charge >= 0.3 is 0 Å². The summed E-state index contributed by atoms with van der Waals surface area (Å²) in [6.07, 6.45) is 6.82. The van der Waals surface area contributed by atoms with E-state index in [9.17, 15) is 0 Å². The summed E-state index contributed by atoms with van der Waals surface area (Å²) in [4.78, 5) is 0. The molecule has 0 saturated heterocycles. The fourth-order valence-electron chi connectivity index (χ4n) is 1.82. The molecule has 0 amide bonds. The largest absolute Gasteiger partial charge is 0.244 e. The van der Waals surface area contributed by atoms with Crippen LogP contribution in [-0.2, 0) is 0 Å². The first kappa shape index (κ1) is 8.97. The summed E-state index contributed by atoms with van der Waals surface area (Å²) in [5, 5.41) is 2.11. The molecule has 0 aromatic rings. The van der Waals surface area contributed by atoms with E-state index in [2.05, 4.69) is 16.0 Å². The van der Waals surface area contributed by atoms with Crippen molar-refractivity contribution >= 4 is 0 Å². The highest BCUT2D eigenvalue weighted by Crippen LogP contribution is 2.19. The van der Waals surface area contributed by atoms with E-state index >= 15 is 0 Å². The lowest BCUT2D eigenvalue weighted by molar-refractivity contribution is 0.0597. The Bertz CT molecular complexity index is 95.5. The third-order valence-electron chi connectivity index (χ3n) is 2.42. The molecule has 1 aliphatic rings. The smallest absolute Gasteiger partial charge is 0.0399 e. The minimum absolute atomic E-state index is 0.693. The molecular weight excluding hydrogens is 138 g/mol. The maximum absolute atomic E-state index is 3.14. The van der Waals surface area contributed by atoms with Gasteiger partial charge in [-0.3, -0.25) is 0 Å². The molecule has 0 aliphatic heterocycles. The third kappa shape index (κ3) is 2.43. The lowest BCUT2D eigenvalue weighted by Gasteiger charge is -2.32. The number of rotatable bonds is 3. The monoisotopic (exact) mass is 157 g/mol. The molecule has 0 aromatic heterocycles. The second kappa shape index (κ2) is 4.70. The van der Waals surface area contributed by atoms with Gasteiger partial charge in [-0.25, -0.2) is 10.9 Å². The van der Waals surface area contributed by atoms with E-state index in [1.54, 1.807) is 0 Å². The minimum Gasteiger partial charge on any atom is -0.244 e. The van der Waals surface area contributed by atoms with E-state index < -0.39 is 0 Å². The molecule has 1 rings (SSSR count). The van der Waals surface area contributed by atoms with Crippen LogP contribution in [0.15, 0.2) is 0 Å². The predicted molar refractivity (Wildman–Crippen MR) is 46.8 cm³/mol. The van der Waals surface area contributed by atoms with Crippen molar-refractivity contribution in [2.45, 2.75) is 38.1 Å². The normalized spacial score (nSPS) is 21.0. The first-order chi connectivity index (χ1) is 5.38. The van der Waals surface area contributed by atoms with Crippen molar-refractivity contribution in [3.05, 3.63) is 0 Å². The van der Waals surface area contributed by atoms with Crippen molar-refractivity contribution < 1.29 is 0 Å². The van der Waals surface area contributed by atoms with Crippen LogP contribution in [0.4, 0.5) is 0 Å². The summed E-state index contributed by atoms with van der Waals surface area (Å²) in [7, 11) is 3.93. The Morgan fingerprint density at radius 3 is 2.00 bits per heavy atom. The van der Waals surface area contributed by atoms with Gasteiger partial charge in [0.1, 0.15) is 0 Å². The molecule has 1 aliphatic carbocycles. The fourth-order valence-corrected chi connectivity index (χ4v) is 1.82. The highest BCUT2D eigenvalue weighted by Gasteiger charge is 2.18. The SMILES string of the molecule is CNN(NC)C1CCCCC1. The maximum Gasteiger partial charge on any atom is 0.0399 e. The second-order valence-electron chi connectivity index (χ2n) is 3.11. The number of hydrazine groups is 2. The second-order valence-corrected chi connectivity index (χ2v) is 3.11. The molecule has 0 spiro atoms. The Morgan fingerprint density at radius 2 is 1.55 bits per heavy atom. The van der Waals surface area contributed by atoms with Crippen LogP contribution < -0.4 is 10.9 Å². The molecule has 1 saturated carbocycles. The summed E-state index contributed by atoms with van der Waals surface area (Å²) in [5.41, 5.74) is 6.29. The zero-order chi connectivity index (χ0) is 8.10. The summed E-state index contributed by atoms with van der Waals surface area (Å²) in [5.74, 6) is 0. The van der Waals surface area contributed by atoms with Gasteiger partial charge in [-0.1, -0.05) is 19.3 Å². The van der Waals surface area contributed by atoms with E-state index in [1.807, 2.05) is 14.1 Å². The highest BCUT2D eigenvalue weighted by molar-refractivity contribution is 4.70. The third-order valence-corrected chi connectivity index (χ3v) is 2.42. The van der Waals surface area contributed by atoms with Crippen molar-refractivity contribution in [3.8, 4) is 0 Å². The molecule has 0 aromatic carbocycles. The number of hydrogen-bond acceptors (Lipinski definition) is 3. The quantitative estimate of drug-likeness (QED) is 0.596. The van der Waals surface area contributed by atoms with Crippen LogP contribution in [0.3, 0.4) is 0 Å². The van der Waals surface area contributed by atoms with Crippen molar-refractivity contribution in [1.29, 1.82) is 0 Å². The summed E-state index contributed by atoms with van der Waals surface area (Å²) < 4.78 is 0. The molecule has 0 unspecified atom stereocenters. The molecule has 3 heteroatoms. The molecule has 3 nitrogen and oxygen atoms in total. The van der Waals surface area contributed by atoms with Crippen LogP contribution in [0.25, 0.3) is 0 Å². The number of hydrogen-bond donors (Lipinski definition) is 2. The van der Waals surface area contributed by atoms with E-state index in [0.29, 0.717) is 6.04 Å². The van der Waals surface area contributed by atoms with Crippen LogP contribution in [0, 0.1) is 0 Å². The van der Waals surface area contributed by atoms with Gasteiger partial charge in [0.2, 0.25) is 0 Å². The Kier molecular flexibility index (Phi) is 3.83. The fraction of sp³-hybridized carbons (Fsp3) is 1.00. The molecule has 0 atom stereocenters. The minimum atomic E-state index is 0.693. The molecule has 2 N–H and O–H groups in total. The average molecular weight is 157 g/mol. The van der Waals surface area contributed by atoms with E-state index in [-0.39, 0.29) is 0 Å².